The lowest BCUT2D eigenvalue weighted by Crippen LogP contribution is -2.32. The Bertz CT molecular complexity index is 404. The highest BCUT2D eigenvalue weighted by molar-refractivity contribution is 5.67. The zero-order valence-corrected chi connectivity index (χ0v) is 11.0. The number of carbonyl (C=O) groups is 2. The van der Waals surface area contributed by atoms with Crippen LogP contribution in [0.25, 0.3) is 0 Å². The van der Waals surface area contributed by atoms with Crippen LogP contribution in [-0.2, 0) is 22.5 Å². The Labute approximate surface area is 107 Å². The molecule has 1 N–H and O–H groups in total. The van der Waals surface area contributed by atoms with Gasteiger partial charge in [-0.3, -0.25) is 0 Å². The lowest BCUT2D eigenvalue weighted by Gasteiger charge is -2.19. The third-order valence-electron chi connectivity index (χ3n) is 2.18. The second-order valence-electron chi connectivity index (χ2n) is 5.04. The van der Waals surface area contributed by atoms with E-state index >= 15 is 0 Å². The second kappa shape index (κ2) is 6.19. The number of alkyl carbamates (subject to hydrolysis) is 1. The molecule has 0 unspecified atom stereocenters. The number of amides is 1. The van der Waals surface area contributed by atoms with Crippen molar-refractivity contribution in [3.63, 3.8) is 0 Å². The van der Waals surface area contributed by atoms with Gasteiger partial charge in [0.25, 0.3) is 0 Å². The van der Waals surface area contributed by atoms with Crippen molar-refractivity contribution in [2.24, 2.45) is 0 Å². The summed E-state index contributed by atoms with van der Waals surface area (Å²) in [6, 6.07) is 7.52. The Hall–Kier alpha value is -1.84. The summed E-state index contributed by atoms with van der Waals surface area (Å²) >= 11 is 0. The molecule has 0 radical (unpaired) electrons. The maximum atomic E-state index is 11.4. The van der Waals surface area contributed by atoms with E-state index in [-0.39, 0.29) is 0 Å². The summed E-state index contributed by atoms with van der Waals surface area (Å²) in [5.41, 5.74) is 1.44. The van der Waals surface area contributed by atoms with E-state index in [0.29, 0.717) is 13.0 Å². The van der Waals surface area contributed by atoms with Crippen molar-refractivity contribution in [3.05, 3.63) is 35.4 Å². The number of carbonyl (C=O) groups excluding carboxylic acids is 2. The topological polar surface area (TPSA) is 55.4 Å². The fourth-order valence-corrected chi connectivity index (χ4v) is 1.38. The highest BCUT2D eigenvalue weighted by atomic mass is 16.6. The highest BCUT2D eigenvalue weighted by Crippen LogP contribution is 2.08. The fraction of sp³-hybridized carbons (Fsp3) is 0.429. The predicted octanol–water partition coefficient (Wildman–Crippen LogP) is 2.45. The zero-order chi connectivity index (χ0) is 13.6. The van der Waals surface area contributed by atoms with Crippen molar-refractivity contribution < 1.29 is 14.3 Å². The Morgan fingerprint density at radius 1 is 1.22 bits per heavy atom. The standard InChI is InChI=1S/C14H19NO3/c1-14(2,3)18-13(17)15-10-12-6-4-11(5-7-12)8-9-16/h4-7,9H,8,10H2,1-3H3,(H,15,17). The van der Waals surface area contributed by atoms with Crippen LogP contribution in [0.1, 0.15) is 31.9 Å². The maximum absolute atomic E-state index is 11.4. The molecule has 98 valence electrons. The molecule has 0 aliphatic rings. The summed E-state index contributed by atoms with van der Waals surface area (Å²) in [4.78, 5) is 21.8. The number of nitrogens with one attached hydrogen (secondary N) is 1. The molecule has 4 heteroatoms. The molecule has 0 saturated carbocycles. The lowest BCUT2D eigenvalue weighted by atomic mass is 10.1. The molecule has 1 amide bonds. The summed E-state index contributed by atoms with van der Waals surface area (Å²) < 4.78 is 5.13. The van der Waals surface area contributed by atoms with Gasteiger partial charge in [0.05, 0.1) is 0 Å². The Kier molecular flexibility index (Phi) is 4.89. The Morgan fingerprint density at radius 3 is 2.28 bits per heavy atom. The summed E-state index contributed by atoms with van der Waals surface area (Å²) in [5.74, 6) is 0. The fourth-order valence-electron chi connectivity index (χ4n) is 1.38. The first-order valence-corrected chi connectivity index (χ1v) is 5.89. The average Bonchev–Trinajstić information content (AvgIpc) is 2.26. The first kappa shape index (κ1) is 14.2. The van der Waals surface area contributed by atoms with Gasteiger partial charge in [-0.05, 0) is 31.9 Å². The normalized spacial score (nSPS) is 10.8. The van der Waals surface area contributed by atoms with Crippen LogP contribution in [0.4, 0.5) is 4.79 Å². The third-order valence-corrected chi connectivity index (χ3v) is 2.18. The monoisotopic (exact) mass is 249 g/mol. The quantitative estimate of drug-likeness (QED) is 0.834. The van der Waals surface area contributed by atoms with E-state index in [1.165, 1.54) is 0 Å². The summed E-state index contributed by atoms with van der Waals surface area (Å²) in [5, 5.41) is 2.68. The molecule has 4 nitrogen and oxygen atoms in total. The van der Waals surface area contributed by atoms with E-state index in [1.807, 2.05) is 45.0 Å². The van der Waals surface area contributed by atoms with Gasteiger partial charge in [-0.15, -0.1) is 0 Å². The van der Waals surface area contributed by atoms with Gasteiger partial charge < -0.3 is 14.8 Å². The summed E-state index contributed by atoms with van der Waals surface area (Å²) in [6.45, 7) is 5.87. The van der Waals surface area contributed by atoms with Crippen LogP contribution in [-0.4, -0.2) is 18.0 Å². The largest absolute Gasteiger partial charge is 0.444 e. The molecule has 1 rings (SSSR count). The van der Waals surface area contributed by atoms with E-state index in [0.717, 1.165) is 17.4 Å². The number of hydrogen-bond acceptors (Lipinski definition) is 3. The van der Waals surface area contributed by atoms with Gasteiger partial charge >= 0.3 is 6.09 Å². The number of benzene rings is 1. The lowest BCUT2D eigenvalue weighted by molar-refractivity contribution is -0.107. The van der Waals surface area contributed by atoms with Crippen molar-refractivity contribution in [2.45, 2.75) is 39.3 Å². The van der Waals surface area contributed by atoms with Crippen molar-refractivity contribution in [1.29, 1.82) is 0 Å². The Morgan fingerprint density at radius 2 is 1.78 bits per heavy atom. The smallest absolute Gasteiger partial charge is 0.407 e. The van der Waals surface area contributed by atoms with E-state index in [9.17, 15) is 9.59 Å². The number of rotatable bonds is 4. The minimum atomic E-state index is -0.488. The minimum Gasteiger partial charge on any atom is -0.444 e. The molecule has 0 bridgehead atoms. The molecule has 0 saturated heterocycles. The van der Waals surface area contributed by atoms with Crippen molar-refractivity contribution in [2.75, 3.05) is 0 Å². The molecular formula is C14H19NO3. The van der Waals surface area contributed by atoms with E-state index in [4.69, 9.17) is 4.74 Å². The first-order valence-electron chi connectivity index (χ1n) is 5.89. The average molecular weight is 249 g/mol. The molecular weight excluding hydrogens is 230 g/mol. The van der Waals surface area contributed by atoms with Crippen LogP contribution in [0.2, 0.25) is 0 Å². The van der Waals surface area contributed by atoms with Gasteiger partial charge in [-0.2, -0.15) is 0 Å². The number of aldehydes is 1. The van der Waals surface area contributed by atoms with Crippen LogP contribution in [0, 0.1) is 0 Å². The van der Waals surface area contributed by atoms with Gasteiger partial charge in [0.2, 0.25) is 0 Å². The highest BCUT2D eigenvalue weighted by Gasteiger charge is 2.15. The number of hydrogen-bond donors (Lipinski definition) is 1. The molecule has 1 aromatic rings. The predicted molar refractivity (Wildman–Crippen MR) is 69.3 cm³/mol. The van der Waals surface area contributed by atoms with E-state index in [2.05, 4.69) is 5.32 Å². The summed E-state index contributed by atoms with van der Waals surface area (Å²) in [7, 11) is 0. The van der Waals surface area contributed by atoms with Crippen LogP contribution in [0.15, 0.2) is 24.3 Å². The van der Waals surface area contributed by atoms with Crippen molar-refractivity contribution in [1.82, 2.24) is 5.32 Å². The zero-order valence-electron chi connectivity index (χ0n) is 11.0. The van der Waals surface area contributed by atoms with Gasteiger partial charge in [-0.1, -0.05) is 24.3 Å². The molecule has 0 aliphatic carbocycles. The molecule has 0 spiro atoms. The molecule has 0 heterocycles. The second-order valence-corrected chi connectivity index (χ2v) is 5.04. The van der Waals surface area contributed by atoms with Crippen LogP contribution < -0.4 is 5.32 Å². The van der Waals surface area contributed by atoms with Crippen LogP contribution >= 0.6 is 0 Å². The maximum Gasteiger partial charge on any atom is 0.407 e. The van der Waals surface area contributed by atoms with Crippen molar-refractivity contribution >= 4 is 12.4 Å². The molecule has 0 fully saturated rings. The molecule has 1 aromatic carbocycles. The molecule has 0 aliphatic heterocycles. The van der Waals surface area contributed by atoms with E-state index in [1.54, 1.807) is 0 Å². The third kappa shape index (κ3) is 5.48. The molecule has 0 atom stereocenters. The number of ether oxygens (including phenoxy) is 1. The van der Waals surface area contributed by atoms with Gasteiger partial charge in [-0.25, -0.2) is 4.79 Å². The van der Waals surface area contributed by atoms with Gasteiger partial charge in [0.15, 0.2) is 0 Å². The molecule has 0 aromatic heterocycles. The minimum absolute atomic E-state index is 0.413. The van der Waals surface area contributed by atoms with E-state index < -0.39 is 11.7 Å². The SMILES string of the molecule is CC(C)(C)OC(=O)NCc1ccc(CC=O)cc1. The van der Waals surface area contributed by atoms with Gasteiger partial charge in [0, 0.05) is 13.0 Å². The van der Waals surface area contributed by atoms with Crippen molar-refractivity contribution in [3.8, 4) is 0 Å². The van der Waals surface area contributed by atoms with Crippen LogP contribution in [0.3, 0.4) is 0 Å². The first-order chi connectivity index (χ1) is 8.40. The van der Waals surface area contributed by atoms with Crippen LogP contribution in [0.5, 0.6) is 0 Å². The Balaban J connectivity index is 2.43. The molecule has 18 heavy (non-hydrogen) atoms. The summed E-state index contributed by atoms with van der Waals surface area (Å²) in [6.07, 6.45) is 0.854. The van der Waals surface area contributed by atoms with Gasteiger partial charge in [0.1, 0.15) is 11.9 Å².